The maximum Gasteiger partial charge on any atom is 0.406 e. The number of aromatic nitrogens is 1. The van der Waals surface area contributed by atoms with Crippen LogP contribution in [0.5, 0.6) is 0 Å². The van der Waals surface area contributed by atoms with Gasteiger partial charge in [0.2, 0.25) is 10.0 Å². The minimum absolute atomic E-state index is 0.0540. The van der Waals surface area contributed by atoms with Crippen LogP contribution in [0.2, 0.25) is 10.0 Å². The first-order valence-electron chi connectivity index (χ1n) is 8.83. The van der Waals surface area contributed by atoms with E-state index in [0.29, 0.717) is 16.5 Å². The van der Waals surface area contributed by atoms with Crippen molar-refractivity contribution in [2.75, 3.05) is 12.8 Å². The molecular formula is C19H18Cl2F3N3O3S. The van der Waals surface area contributed by atoms with Crippen LogP contribution in [0.25, 0.3) is 10.9 Å². The third-order valence-corrected chi connectivity index (χ3v) is 6.76. The summed E-state index contributed by atoms with van der Waals surface area (Å²) in [4.78, 5) is -0.662. The van der Waals surface area contributed by atoms with Crippen molar-refractivity contribution in [3.8, 4) is 0 Å². The number of para-hydroxylation sites is 1. The average Bonchev–Trinajstić information content (AvgIpc) is 2.97. The van der Waals surface area contributed by atoms with E-state index in [1.54, 1.807) is 29.0 Å². The smallest absolute Gasteiger partial charge is 0.398 e. The molecule has 12 heteroatoms. The van der Waals surface area contributed by atoms with Crippen LogP contribution in [0.3, 0.4) is 0 Å². The maximum absolute atomic E-state index is 13.8. The summed E-state index contributed by atoms with van der Waals surface area (Å²) in [6.45, 7) is -0.523. The van der Waals surface area contributed by atoms with Gasteiger partial charge in [0.15, 0.2) is 0 Å². The van der Waals surface area contributed by atoms with E-state index in [-0.39, 0.29) is 22.3 Å². The fourth-order valence-corrected chi connectivity index (χ4v) is 5.46. The number of anilines is 1. The molecule has 168 valence electrons. The van der Waals surface area contributed by atoms with Crippen LogP contribution in [0.4, 0.5) is 18.9 Å². The van der Waals surface area contributed by atoms with Crippen LogP contribution < -0.4 is 10.5 Å². The summed E-state index contributed by atoms with van der Waals surface area (Å²) >= 11 is 11.7. The van der Waals surface area contributed by atoms with E-state index in [1.807, 2.05) is 0 Å². The van der Waals surface area contributed by atoms with Gasteiger partial charge in [0.25, 0.3) is 0 Å². The predicted molar refractivity (Wildman–Crippen MR) is 114 cm³/mol. The van der Waals surface area contributed by atoms with Crippen molar-refractivity contribution in [3.05, 3.63) is 58.2 Å². The highest BCUT2D eigenvalue weighted by Crippen LogP contribution is 2.33. The molecule has 0 aliphatic carbocycles. The highest BCUT2D eigenvalue weighted by atomic mass is 35.5. The van der Waals surface area contributed by atoms with Crippen molar-refractivity contribution in [2.45, 2.75) is 30.3 Å². The molecule has 1 atom stereocenters. The van der Waals surface area contributed by atoms with Gasteiger partial charge in [-0.05, 0) is 18.2 Å². The Kier molecular flexibility index (Phi) is 6.78. The number of benzene rings is 2. The van der Waals surface area contributed by atoms with E-state index in [0.717, 1.165) is 12.1 Å². The zero-order chi connectivity index (χ0) is 23.0. The average molecular weight is 496 g/mol. The second-order valence-electron chi connectivity index (χ2n) is 6.78. The number of nitrogen functional groups attached to an aromatic ring is 1. The van der Waals surface area contributed by atoms with Gasteiger partial charge in [-0.2, -0.15) is 17.9 Å². The normalized spacial score (nSPS) is 13.6. The molecule has 1 unspecified atom stereocenters. The summed E-state index contributed by atoms with van der Waals surface area (Å²) in [7, 11) is -3.25. The molecule has 0 bridgehead atoms. The van der Waals surface area contributed by atoms with Crippen LogP contribution in [-0.2, 0) is 27.9 Å². The summed E-state index contributed by atoms with van der Waals surface area (Å²) in [5.74, 6) is 0. The molecule has 0 amide bonds. The van der Waals surface area contributed by atoms with E-state index in [1.165, 1.54) is 17.9 Å². The standard InChI is InChI=1S/C19H18Cl2F3N3O3S/c1-30-10-11-8-27(16-5-3-2-4-13(11)16)9-17(19(22,23)24)26-31(28,29)18-14(21)6-12(20)7-15(18)25/h2-8,17,26H,9-10,25H2,1H3. The topological polar surface area (TPSA) is 86.3 Å². The highest BCUT2D eigenvalue weighted by molar-refractivity contribution is 7.89. The fourth-order valence-electron chi connectivity index (χ4n) is 3.26. The van der Waals surface area contributed by atoms with Gasteiger partial charge in [-0.1, -0.05) is 41.4 Å². The summed E-state index contributed by atoms with van der Waals surface area (Å²) in [6.07, 6.45) is -3.39. The van der Waals surface area contributed by atoms with Crippen molar-refractivity contribution in [2.24, 2.45) is 0 Å². The van der Waals surface area contributed by atoms with Crippen molar-refractivity contribution in [1.82, 2.24) is 9.29 Å². The Morgan fingerprint density at radius 3 is 2.52 bits per heavy atom. The molecule has 0 aliphatic rings. The Hall–Kier alpha value is -1.98. The van der Waals surface area contributed by atoms with Crippen LogP contribution in [-0.4, -0.2) is 32.3 Å². The minimum atomic E-state index is -4.90. The van der Waals surface area contributed by atoms with Gasteiger partial charge in [0, 0.05) is 41.3 Å². The fraction of sp³-hybridized carbons (Fsp3) is 0.263. The molecule has 0 aliphatic heterocycles. The predicted octanol–water partition coefficient (Wildman–Crippen LogP) is 4.59. The zero-order valence-electron chi connectivity index (χ0n) is 16.1. The quantitative estimate of drug-likeness (QED) is 0.469. The number of hydrogen-bond acceptors (Lipinski definition) is 4. The number of halogens is 5. The first kappa shape index (κ1) is 23.7. The Balaban J connectivity index is 2.01. The molecule has 3 N–H and O–H groups in total. The van der Waals surface area contributed by atoms with Gasteiger partial charge >= 0.3 is 6.18 Å². The lowest BCUT2D eigenvalue weighted by Crippen LogP contribution is -2.48. The molecule has 3 rings (SSSR count). The Morgan fingerprint density at radius 1 is 1.23 bits per heavy atom. The highest BCUT2D eigenvalue weighted by Gasteiger charge is 2.43. The second kappa shape index (κ2) is 8.87. The molecule has 0 fully saturated rings. The minimum Gasteiger partial charge on any atom is -0.398 e. The number of sulfonamides is 1. The SMILES string of the molecule is COCc1cn(CC(NS(=O)(=O)c2c(N)cc(Cl)cc2Cl)C(F)(F)F)c2ccccc12. The van der Waals surface area contributed by atoms with E-state index in [2.05, 4.69) is 0 Å². The lowest BCUT2D eigenvalue weighted by molar-refractivity contribution is -0.154. The number of nitrogens with zero attached hydrogens (tertiary/aromatic N) is 1. The molecule has 1 heterocycles. The monoisotopic (exact) mass is 495 g/mol. The van der Waals surface area contributed by atoms with E-state index < -0.39 is 33.7 Å². The van der Waals surface area contributed by atoms with Crippen molar-refractivity contribution in [3.63, 3.8) is 0 Å². The lowest BCUT2D eigenvalue weighted by atomic mass is 10.2. The lowest BCUT2D eigenvalue weighted by Gasteiger charge is -2.23. The molecule has 6 nitrogen and oxygen atoms in total. The number of nitrogens with two attached hydrogens (primary N) is 1. The van der Waals surface area contributed by atoms with Gasteiger partial charge in [0.05, 0.1) is 17.3 Å². The van der Waals surface area contributed by atoms with Gasteiger partial charge in [-0.3, -0.25) is 0 Å². The van der Waals surface area contributed by atoms with E-state index in [9.17, 15) is 21.6 Å². The third-order valence-electron chi connectivity index (χ3n) is 4.55. The molecule has 3 aromatic rings. The van der Waals surface area contributed by atoms with Gasteiger partial charge in [-0.25, -0.2) is 8.42 Å². The molecule has 2 aromatic carbocycles. The molecule has 1 aromatic heterocycles. The number of ether oxygens (including phenoxy) is 1. The van der Waals surface area contributed by atoms with E-state index >= 15 is 0 Å². The number of rotatable bonds is 7. The third kappa shape index (κ3) is 5.09. The summed E-state index contributed by atoms with van der Waals surface area (Å²) < 4.78 is 75.1. The van der Waals surface area contributed by atoms with Gasteiger partial charge in [-0.15, -0.1) is 0 Å². The molecular weight excluding hydrogens is 478 g/mol. The summed E-state index contributed by atoms with van der Waals surface area (Å²) in [6, 6.07) is 6.56. The number of methoxy groups -OCH3 is 1. The first-order valence-corrected chi connectivity index (χ1v) is 11.1. The van der Waals surface area contributed by atoms with E-state index in [4.69, 9.17) is 33.7 Å². The zero-order valence-corrected chi connectivity index (χ0v) is 18.4. The Labute approximate surface area is 186 Å². The molecule has 31 heavy (non-hydrogen) atoms. The molecule has 0 saturated heterocycles. The number of alkyl halides is 3. The van der Waals surface area contributed by atoms with Crippen LogP contribution >= 0.6 is 23.2 Å². The van der Waals surface area contributed by atoms with Gasteiger partial charge in [0.1, 0.15) is 10.9 Å². The largest absolute Gasteiger partial charge is 0.406 e. The molecule has 0 saturated carbocycles. The van der Waals surface area contributed by atoms with Crippen molar-refractivity contribution < 1.29 is 26.3 Å². The number of nitrogens with one attached hydrogen (secondary N) is 1. The summed E-state index contributed by atoms with van der Waals surface area (Å²) in [5, 5.41) is 0.378. The maximum atomic E-state index is 13.8. The Morgan fingerprint density at radius 2 is 1.90 bits per heavy atom. The Bertz CT molecular complexity index is 1190. The van der Waals surface area contributed by atoms with Gasteiger partial charge < -0.3 is 15.0 Å². The second-order valence-corrected chi connectivity index (χ2v) is 9.27. The number of fused-ring (bicyclic) bond motifs is 1. The summed E-state index contributed by atoms with van der Waals surface area (Å²) in [5.41, 5.74) is 6.49. The van der Waals surface area contributed by atoms with Crippen LogP contribution in [0.1, 0.15) is 5.56 Å². The van der Waals surface area contributed by atoms with Crippen molar-refractivity contribution >= 4 is 49.8 Å². The first-order chi connectivity index (χ1) is 14.4. The molecule has 0 radical (unpaired) electrons. The van der Waals surface area contributed by atoms with Crippen molar-refractivity contribution in [1.29, 1.82) is 0 Å². The number of hydrogen-bond donors (Lipinski definition) is 2. The van der Waals surface area contributed by atoms with Crippen LogP contribution in [0.15, 0.2) is 47.5 Å². The van der Waals surface area contributed by atoms with Crippen LogP contribution in [0, 0.1) is 0 Å². The molecule has 0 spiro atoms.